The number of carbonyl (C=O) groups is 1. The SMILES string of the molecule is CCOC(=O)c1ccc(C2(NC)CC2)o1. The van der Waals surface area contributed by atoms with E-state index in [1.165, 1.54) is 0 Å². The molecule has 0 aliphatic heterocycles. The number of ether oxygens (including phenoxy) is 1. The first kappa shape index (κ1) is 10.2. The Hall–Kier alpha value is -1.29. The minimum absolute atomic E-state index is 0.0370. The summed E-state index contributed by atoms with van der Waals surface area (Å²) >= 11 is 0. The molecule has 2 rings (SSSR count). The summed E-state index contributed by atoms with van der Waals surface area (Å²) in [7, 11) is 1.90. The van der Waals surface area contributed by atoms with E-state index in [1.54, 1.807) is 13.0 Å². The number of hydrogen-bond donors (Lipinski definition) is 1. The van der Waals surface area contributed by atoms with Gasteiger partial charge in [0.2, 0.25) is 5.76 Å². The number of esters is 1. The lowest BCUT2D eigenvalue weighted by molar-refractivity contribution is 0.0486. The summed E-state index contributed by atoms with van der Waals surface area (Å²) < 4.78 is 10.3. The zero-order chi connectivity index (χ0) is 10.9. The molecule has 0 saturated heterocycles. The Bertz CT molecular complexity index is 366. The van der Waals surface area contributed by atoms with Crippen LogP contribution in [0.3, 0.4) is 0 Å². The van der Waals surface area contributed by atoms with Crippen molar-refractivity contribution < 1.29 is 13.9 Å². The molecular formula is C11H15NO3. The Morgan fingerprint density at radius 2 is 2.33 bits per heavy atom. The zero-order valence-electron chi connectivity index (χ0n) is 9.00. The van der Waals surface area contributed by atoms with Gasteiger partial charge in [-0.3, -0.25) is 0 Å². The topological polar surface area (TPSA) is 51.5 Å². The fourth-order valence-corrected chi connectivity index (χ4v) is 1.65. The first-order chi connectivity index (χ1) is 7.22. The molecular weight excluding hydrogens is 194 g/mol. The molecule has 1 N–H and O–H groups in total. The van der Waals surface area contributed by atoms with Crippen LogP contribution >= 0.6 is 0 Å². The van der Waals surface area contributed by atoms with Gasteiger partial charge in [0.15, 0.2) is 0 Å². The fraction of sp³-hybridized carbons (Fsp3) is 0.545. The maximum Gasteiger partial charge on any atom is 0.374 e. The van der Waals surface area contributed by atoms with E-state index in [0.29, 0.717) is 6.61 Å². The summed E-state index contributed by atoms with van der Waals surface area (Å²) in [6.07, 6.45) is 2.11. The highest BCUT2D eigenvalue weighted by molar-refractivity contribution is 5.86. The van der Waals surface area contributed by atoms with Crippen LogP contribution in [0.4, 0.5) is 0 Å². The van der Waals surface area contributed by atoms with Crippen LogP contribution in [0.25, 0.3) is 0 Å². The first-order valence-electron chi connectivity index (χ1n) is 5.18. The number of furan rings is 1. The van der Waals surface area contributed by atoms with Gasteiger partial charge in [-0.25, -0.2) is 4.79 Å². The zero-order valence-corrected chi connectivity index (χ0v) is 9.00. The van der Waals surface area contributed by atoms with Crippen LogP contribution in [0.5, 0.6) is 0 Å². The summed E-state index contributed by atoms with van der Waals surface area (Å²) in [5.74, 6) is 0.720. The Morgan fingerprint density at radius 3 is 2.87 bits per heavy atom. The van der Waals surface area contributed by atoms with Gasteiger partial charge in [-0.2, -0.15) is 0 Å². The number of hydrogen-bond acceptors (Lipinski definition) is 4. The van der Waals surface area contributed by atoms with Crippen molar-refractivity contribution in [1.82, 2.24) is 5.32 Å². The van der Waals surface area contributed by atoms with Gasteiger partial charge in [0.05, 0.1) is 12.1 Å². The molecule has 1 fully saturated rings. The van der Waals surface area contributed by atoms with Gasteiger partial charge in [-0.1, -0.05) is 0 Å². The number of rotatable bonds is 4. The van der Waals surface area contributed by atoms with Crippen LogP contribution in [0.1, 0.15) is 36.1 Å². The lowest BCUT2D eigenvalue weighted by atomic mass is 10.2. The molecule has 0 radical (unpaired) electrons. The van der Waals surface area contributed by atoms with Crippen LogP contribution < -0.4 is 5.32 Å². The molecule has 1 aliphatic carbocycles. The average Bonchev–Trinajstić information content (AvgIpc) is 2.88. The highest BCUT2D eigenvalue weighted by atomic mass is 16.5. The quantitative estimate of drug-likeness (QED) is 0.766. The summed E-state index contributed by atoms with van der Waals surface area (Å²) in [5, 5.41) is 3.21. The third-order valence-corrected chi connectivity index (χ3v) is 2.78. The van der Waals surface area contributed by atoms with E-state index in [0.717, 1.165) is 18.6 Å². The van der Waals surface area contributed by atoms with E-state index >= 15 is 0 Å². The normalized spacial score (nSPS) is 17.5. The molecule has 0 bridgehead atoms. The Labute approximate surface area is 88.6 Å². The van der Waals surface area contributed by atoms with Crippen LogP contribution in [0.2, 0.25) is 0 Å². The molecule has 1 aromatic heterocycles. The smallest absolute Gasteiger partial charge is 0.374 e. The van der Waals surface area contributed by atoms with Crippen molar-refractivity contribution >= 4 is 5.97 Å². The first-order valence-corrected chi connectivity index (χ1v) is 5.18. The molecule has 1 aliphatic rings. The molecule has 1 aromatic rings. The minimum Gasteiger partial charge on any atom is -0.460 e. The van der Waals surface area contributed by atoms with Gasteiger partial charge in [0, 0.05) is 0 Å². The van der Waals surface area contributed by atoms with E-state index in [4.69, 9.17) is 9.15 Å². The monoisotopic (exact) mass is 209 g/mol. The van der Waals surface area contributed by atoms with Crippen LogP contribution in [0.15, 0.2) is 16.5 Å². The Balaban J connectivity index is 2.14. The predicted octanol–water partition coefficient (Wildman–Crippen LogP) is 1.66. The molecule has 0 amide bonds. The van der Waals surface area contributed by atoms with Gasteiger partial charge >= 0.3 is 5.97 Å². The molecule has 4 heteroatoms. The van der Waals surface area contributed by atoms with Crippen LogP contribution in [0, 0.1) is 0 Å². The molecule has 0 atom stereocenters. The van der Waals surface area contributed by atoms with Crippen LogP contribution in [-0.2, 0) is 10.3 Å². The van der Waals surface area contributed by atoms with Crippen molar-refractivity contribution in [2.75, 3.05) is 13.7 Å². The third-order valence-electron chi connectivity index (χ3n) is 2.78. The largest absolute Gasteiger partial charge is 0.460 e. The summed E-state index contributed by atoms with van der Waals surface area (Å²) in [4.78, 5) is 11.4. The lowest BCUT2D eigenvalue weighted by Gasteiger charge is -2.09. The Morgan fingerprint density at radius 1 is 1.60 bits per heavy atom. The van der Waals surface area contributed by atoms with Gasteiger partial charge in [-0.05, 0) is 38.9 Å². The maximum absolute atomic E-state index is 11.4. The fourth-order valence-electron chi connectivity index (χ4n) is 1.65. The molecule has 0 spiro atoms. The maximum atomic E-state index is 11.4. The van der Waals surface area contributed by atoms with Crippen molar-refractivity contribution in [3.63, 3.8) is 0 Å². The summed E-state index contributed by atoms with van der Waals surface area (Å²) in [6.45, 7) is 2.14. The molecule has 1 heterocycles. The third kappa shape index (κ3) is 1.77. The number of nitrogens with one attached hydrogen (secondary N) is 1. The lowest BCUT2D eigenvalue weighted by Crippen LogP contribution is -2.23. The standard InChI is InChI=1S/C11H15NO3/c1-3-14-10(13)8-4-5-9(15-8)11(12-2)6-7-11/h4-5,12H,3,6-7H2,1-2H3. The highest BCUT2D eigenvalue weighted by Gasteiger charge is 2.45. The molecule has 82 valence electrons. The van der Waals surface area contributed by atoms with Gasteiger partial charge in [-0.15, -0.1) is 0 Å². The number of carbonyl (C=O) groups excluding carboxylic acids is 1. The van der Waals surface area contributed by atoms with Gasteiger partial charge in [0.1, 0.15) is 5.76 Å². The van der Waals surface area contributed by atoms with E-state index < -0.39 is 5.97 Å². The van der Waals surface area contributed by atoms with Crippen LogP contribution in [-0.4, -0.2) is 19.6 Å². The highest BCUT2D eigenvalue weighted by Crippen LogP contribution is 2.45. The average molecular weight is 209 g/mol. The second-order valence-corrected chi connectivity index (χ2v) is 3.72. The molecule has 15 heavy (non-hydrogen) atoms. The minimum atomic E-state index is -0.393. The predicted molar refractivity (Wildman–Crippen MR) is 54.6 cm³/mol. The van der Waals surface area contributed by atoms with Crippen molar-refractivity contribution in [3.05, 3.63) is 23.7 Å². The van der Waals surface area contributed by atoms with Gasteiger partial charge in [0.25, 0.3) is 0 Å². The van der Waals surface area contributed by atoms with E-state index in [-0.39, 0.29) is 11.3 Å². The molecule has 0 aromatic carbocycles. The van der Waals surface area contributed by atoms with E-state index in [9.17, 15) is 4.79 Å². The second-order valence-electron chi connectivity index (χ2n) is 3.72. The van der Waals surface area contributed by atoms with Crippen molar-refractivity contribution in [3.8, 4) is 0 Å². The van der Waals surface area contributed by atoms with E-state index in [2.05, 4.69) is 5.32 Å². The molecule has 1 saturated carbocycles. The second kappa shape index (κ2) is 3.70. The van der Waals surface area contributed by atoms with Crippen molar-refractivity contribution in [2.24, 2.45) is 0 Å². The van der Waals surface area contributed by atoms with Crippen molar-refractivity contribution in [2.45, 2.75) is 25.3 Å². The summed E-state index contributed by atoms with van der Waals surface area (Å²) in [6, 6.07) is 3.51. The van der Waals surface area contributed by atoms with Crippen molar-refractivity contribution in [1.29, 1.82) is 0 Å². The van der Waals surface area contributed by atoms with Gasteiger partial charge < -0.3 is 14.5 Å². The Kier molecular flexibility index (Phi) is 2.52. The van der Waals surface area contributed by atoms with E-state index in [1.807, 2.05) is 13.1 Å². The molecule has 0 unspecified atom stereocenters. The summed E-state index contributed by atoms with van der Waals surface area (Å²) in [5.41, 5.74) is -0.0370. The molecule has 4 nitrogen and oxygen atoms in total.